The highest BCUT2D eigenvalue weighted by Gasteiger charge is 2.24. The number of benzene rings is 1. The van der Waals surface area contributed by atoms with Crippen LogP contribution in [0.3, 0.4) is 0 Å². The van der Waals surface area contributed by atoms with Crippen LogP contribution in [0, 0.1) is 0 Å². The third-order valence-corrected chi connectivity index (χ3v) is 5.39. The van der Waals surface area contributed by atoms with Crippen LogP contribution in [-0.2, 0) is 21.2 Å². The van der Waals surface area contributed by atoms with Crippen molar-refractivity contribution in [2.24, 2.45) is 5.14 Å². The van der Waals surface area contributed by atoms with Gasteiger partial charge < -0.3 is 9.32 Å². The summed E-state index contributed by atoms with van der Waals surface area (Å²) < 4.78 is 27.6. The summed E-state index contributed by atoms with van der Waals surface area (Å²) >= 11 is 0. The van der Waals surface area contributed by atoms with Crippen molar-refractivity contribution >= 4 is 15.9 Å². The molecule has 7 heteroatoms. The van der Waals surface area contributed by atoms with E-state index in [1.54, 1.807) is 30.7 Å². The third-order valence-electron chi connectivity index (χ3n) is 4.46. The van der Waals surface area contributed by atoms with Crippen LogP contribution in [0.15, 0.2) is 52.2 Å². The van der Waals surface area contributed by atoms with E-state index in [1.807, 2.05) is 17.0 Å². The lowest BCUT2D eigenvalue weighted by atomic mass is 9.89. The Balaban J connectivity index is 1.57. The van der Waals surface area contributed by atoms with Gasteiger partial charge in [0.1, 0.15) is 0 Å². The molecule has 1 amide bonds. The van der Waals surface area contributed by atoms with Crippen molar-refractivity contribution < 1.29 is 17.6 Å². The maximum Gasteiger partial charge on any atom is 0.238 e. The first kappa shape index (κ1) is 16.7. The topological polar surface area (TPSA) is 93.6 Å². The Labute approximate surface area is 141 Å². The molecule has 0 atom stereocenters. The number of carbonyl (C=O) groups excluding carboxylic acids is 1. The van der Waals surface area contributed by atoms with Crippen molar-refractivity contribution in [1.29, 1.82) is 0 Å². The van der Waals surface area contributed by atoms with Crippen LogP contribution in [-0.4, -0.2) is 32.3 Å². The quantitative estimate of drug-likeness (QED) is 0.913. The minimum Gasteiger partial charge on any atom is -0.472 e. The van der Waals surface area contributed by atoms with E-state index in [0.717, 1.165) is 24.0 Å². The van der Waals surface area contributed by atoms with Crippen molar-refractivity contribution in [3.63, 3.8) is 0 Å². The Kier molecular flexibility index (Phi) is 4.73. The Bertz CT molecular complexity index is 790. The number of hydrogen-bond donors (Lipinski definition) is 1. The number of nitrogens with two attached hydrogens (primary N) is 1. The molecule has 0 aliphatic carbocycles. The Morgan fingerprint density at radius 1 is 1.17 bits per heavy atom. The molecule has 0 radical (unpaired) electrons. The summed E-state index contributed by atoms with van der Waals surface area (Å²) in [4.78, 5) is 14.3. The molecule has 128 valence electrons. The van der Waals surface area contributed by atoms with Crippen LogP contribution in [0.1, 0.15) is 29.9 Å². The van der Waals surface area contributed by atoms with E-state index < -0.39 is 10.0 Å². The van der Waals surface area contributed by atoms with Crippen molar-refractivity contribution in [2.75, 3.05) is 13.1 Å². The van der Waals surface area contributed by atoms with Crippen molar-refractivity contribution in [1.82, 2.24) is 4.90 Å². The van der Waals surface area contributed by atoms with Gasteiger partial charge in [-0.15, -0.1) is 0 Å². The molecule has 0 saturated carbocycles. The van der Waals surface area contributed by atoms with Crippen LogP contribution in [0.2, 0.25) is 0 Å². The summed E-state index contributed by atoms with van der Waals surface area (Å²) in [7, 11) is -3.66. The van der Waals surface area contributed by atoms with Gasteiger partial charge in [-0.05, 0) is 48.1 Å². The zero-order valence-corrected chi connectivity index (χ0v) is 14.0. The highest BCUT2D eigenvalue weighted by Crippen LogP contribution is 2.28. The molecule has 1 aliphatic rings. The zero-order valence-electron chi connectivity index (χ0n) is 13.2. The zero-order chi connectivity index (χ0) is 17.2. The Morgan fingerprint density at radius 2 is 1.83 bits per heavy atom. The van der Waals surface area contributed by atoms with Gasteiger partial charge in [0.05, 0.1) is 23.8 Å². The van der Waals surface area contributed by atoms with Gasteiger partial charge >= 0.3 is 0 Å². The molecule has 1 fully saturated rings. The van der Waals surface area contributed by atoms with Crippen molar-refractivity contribution in [2.45, 2.75) is 30.1 Å². The predicted octanol–water partition coefficient (Wildman–Crippen LogP) is 1.88. The largest absolute Gasteiger partial charge is 0.472 e. The molecular weight excluding hydrogens is 328 g/mol. The second-order valence-electron chi connectivity index (χ2n) is 6.08. The summed E-state index contributed by atoms with van der Waals surface area (Å²) in [6, 6.07) is 8.51. The fourth-order valence-corrected chi connectivity index (χ4v) is 3.59. The smallest absolute Gasteiger partial charge is 0.238 e. The summed E-state index contributed by atoms with van der Waals surface area (Å²) in [5.74, 6) is 0.442. The molecule has 0 spiro atoms. The van der Waals surface area contributed by atoms with E-state index in [9.17, 15) is 13.2 Å². The minimum atomic E-state index is -3.66. The maximum atomic E-state index is 12.3. The van der Waals surface area contributed by atoms with Gasteiger partial charge in [0, 0.05) is 13.1 Å². The van der Waals surface area contributed by atoms with Gasteiger partial charge in [-0.3, -0.25) is 4.79 Å². The number of likely N-dealkylation sites (tertiary alicyclic amines) is 1. The second-order valence-corrected chi connectivity index (χ2v) is 7.64. The molecule has 24 heavy (non-hydrogen) atoms. The molecule has 3 rings (SSSR count). The molecule has 2 aromatic rings. The number of hydrogen-bond acceptors (Lipinski definition) is 4. The highest BCUT2D eigenvalue weighted by molar-refractivity contribution is 7.89. The Hall–Kier alpha value is -2.12. The van der Waals surface area contributed by atoms with Gasteiger partial charge in [0.2, 0.25) is 15.9 Å². The molecule has 0 bridgehead atoms. The van der Waals surface area contributed by atoms with Crippen molar-refractivity contribution in [3.8, 4) is 0 Å². The van der Waals surface area contributed by atoms with Gasteiger partial charge in [0.15, 0.2) is 0 Å². The third kappa shape index (κ3) is 3.85. The summed E-state index contributed by atoms with van der Waals surface area (Å²) in [6.45, 7) is 1.41. The molecule has 6 nitrogen and oxygen atoms in total. The van der Waals surface area contributed by atoms with E-state index in [2.05, 4.69) is 0 Å². The van der Waals surface area contributed by atoms with E-state index in [-0.39, 0.29) is 10.8 Å². The molecule has 2 heterocycles. The molecule has 0 unspecified atom stereocenters. The number of sulfonamides is 1. The SMILES string of the molecule is NS(=O)(=O)c1ccc(C2CCN(C(=O)Cc3ccoc3)CC2)cc1. The minimum absolute atomic E-state index is 0.111. The van der Waals surface area contributed by atoms with E-state index in [1.165, 1.54) is 0 Å². The highest BCUT2D eigenvalue weighted by atomic mass is 32.2. The monoisotopic (exact) mass is 348 g/mol. The summed E-state index contributed by atoms with van der Waals surface area (Å²) in [5, 5.41) is 5.11. The molecule has 2 N–H and O–H groups in total. The molecule has 1 aromatic carbocycles. The molecule has 1 saturated heterocycles. The second kappa shape index (κ2) is 6.78. The van der Waals surface area contributed by atoms with Gasteiger partial charge in [-0.2, -0.15) is 0 Å². The van der Waals surface area contributed by atoms with Crippen LogP contribution < -0.4 is 5.14 Å². The predicted molar refractivity (Wildman–Crippen MR) is 88.8 cm³/mol. The van der Waals surface area contributed by atoms with Crippen molar-refractivity contribution in [3.05, 3.63) is 54.0 Å². The number of amides is 1. The number of furan rings is 1. The van der Waals surface area contributed by atoms with E-state index in [4.69, 9.17) is 9.56 Å². The van der Waals surface area contributed by atoms with Crippen LogP contribution in [0.25, 0.3) is 0 Å². The maximum absolute atomic E-state index is 12.3. The number of primary sulfonamides is 1. The summed E-state index contributed by atoms with van der Waals surface area (Å²) in [6.07, 6.45) is 5.26. The first-order chi connectivity index (χ1) is 11.4. The Morgan fingerprint density at radius 3 is 2.38 bits per heavy atom. The molecular formula is C17H20N2O4S. The first-order valence-corrected chi connectivity index (χ1v) is 9.40. The van der Waals surface area contributed by atoms with E-state index in [0.29, 0.717) is 25.4 Å². The fourth-order valence-electron chi connectivity index (χ4n) is 3.07. The normalized spacial score (nSPS) is 16.3. The molecule has 1 aromatic heterocycles. The lowest BCUT2D eigenvalue weighted by Crippen LogP contribution is -2.38. The van der Waals surface area contributed by atoms with Gasteiger partial charge in [-0.1, -0.05) is 12.1 Å². The number of rotatable bonds is 4. The van der Waals surface area contributed by atoms with Crippen LogP contribution in [0.5, 0.6) is 0 Å². The fraction of sp³-hybridized carbons (Fsp3) is 0.353. The molecule has 1 aliphatic heterocycles. The van der Waals surface area contributed by atoms with E-state index >= 15 is 0 Å². The summed E-state index contributed by atoms with van der Waals surface area (Å²) in [5.41, 5.74) is 1.98. The van der Waals surface area contributed by atoms with Gasteiger partial charge in [-0.25, -0.2) is 13.6 Å². The standard InChI is InChI=1S/C17H20N2O4S/c18-24(21,22)16-3-1-14(2-4-16)15-5-8-19(9-6-15)17(20)11-13-7-10-23-12-13/h1-4,7,10,12,15H,5-6,8-9,11H2,(H2,18,21,22). The number of carbonyl (C=O) groups is 1. The van der Waals surface area contributed by atoms with Crippen LogP contribution in [0.4, 0.5) is 0 Å². The lowest BCUT2D eigenvalue weighted by molar-refractivity contribution is -0.131. The number of piperidine rings is 1. The van der Waals surface area contributed by atoms with Gasteiger partial charge in [0.25, 0.3) is 0 Å². The average Bonchev–Trinajstić information content (AvgIpc) is 3.07. The van der Waals surface area contributed by atoms with Crippen LogP contribution >= 0.6 is 0 Å². The number of nitrogens with zero attached hydrogens (tertiary/aromatic N) is 1. The first-order valence-electron chi connectivity index (χ1n) is 7.85. The lowest BCUT2D eigenvalue weighted by Gasteiger charge is -2.32. The average molecular weight is 348 g/mol.